The van der Waals surface area contributed by atoms with Gasteiger partial charge >= 0.3 is 0 Å². The van der Waals surface area contributed by atoms with E-state index in [-0.39, 0.29) is 40.7 Å². The van der Waals surface area contributed by atoms with Gasteiger partial charge in [-0.25, -0.2) is 0 Å². The van der Waals surface area contributed by atoms with Crippen molar-refractivity contribution < 1.29 is 19.5 Å². The number of fused-ring (bicyclic) bond motifs is 1. The zero-order chi connectivity index (χ0) is 13.6. The van der Waals surface area contributed by atoms with Crippen LogP contribution in [0.4, 0.5) is 0 Å². The summed E-state index contributed by atoms with van der Waals surface area (Å²) >= 11 is 0. The van der Waals surface area contributed by atoms with Gasteiger partial charge in [-0.15, -0.1) is 0 Å². The maximum absolute atomic E-state index is 12.4. The molecular formula is C14H11NO4. The molecule has 0 saturated heterocycles. The Labute approximate surface area is 108 Å². The number of Topliss-reactive ketones (excluding diaryl/α,β-unsaturated/α-hetero) is 2. The number of rotatable bonds is 0. The first-order chi connectivity index (χ1) is 9.09. The van der Waals surface area contributed by atoms with Gasteiger partial charge in [0.15, 0.2) is 5.78 Å². The largest absolute Gasteiger partial charge is 0.507 e. The van der Waals surface area contributed by atoms with Crippen LogP contribution in [0.1, 0.15) is 40.0 Å². The van der Waals surface area contributed by atoms with Gasteiger partial charge in [-0.1, -0.05) is 6.07 Å². The zero-order valence-corrected chi connectivity index (χ0v) is 10.0. The summed E-state index contributed by atoms with van der Waals surface area (Å²) in [6.45, 7) is 0. The number of phenols is 1. The smallest absolute Gasteiger partial charge is 0.224 e. The lowest BCUT2D eigenvalue weighted by Crippen LogP contribution is -2.32. The van der Waals surface area contributed by atoms with Gasteiger partial charge in [-0.3, -0.25) is 14.4 Å². The van der Waals surface area contributed by atoms with Crippen LogP contribution in [-0.2, 0) is 4.79 Å². The standard InChI is InChI=1S/C14H11NO4/c16-9-5-1-3-7-11(9)13(18)8-4-2-6-10(17)15-12(8)14(7)19/h1,3,5,16H,2,4,6H2,(H,15,17). The van der Waals surface area contributed by atoms with Crippen molar-refractivity contribution in [3.8, 4) is 5.75 Å². The van der Waals surface area contributed by atoms with Crippen LogP contribution >= 0.6 is 0 Å². The molecule has 0 fully saturated rings. The van der Waals surface area contributed by atoms with Crippen LogP contribution in [0.25, 0.3) is 0 Å². The van der Waals surface area contributed by atoms with Crippen molar-refractivity contribution in [3.05, 3.63) is 40.6 Å². The Bertz CT molecular complexity index is 657. The number of carbonyl (C=O) groups is 3. The summed E-state index contributed by atoms with van der Waals surface area (Å²) in [6.07, 6.45) is 1.18. The number of carbonyl (C=O) groups excluding carboxylic acids is 3. The average Bonchev–Trinajstić information content (AvgIpc) is 2.58. The third-order valence-corrected chi connectivity index (χ3v) is 3.41. The van der Waals surface area contributed by atoms with E-state index in [1.807, 2.05) is 0 Å². The zero-order valence-electron chi connectivity index (χ0n) is 10.0. The van der Waals surface area contributed by atoms with Gasteiger partial charge < -0.3 is 10.4 Å². The molecule has 19 heavy (non-hydrogen) atoms. The minimum absolute atomic E-state index is 0.0439. The molecule has 0 saturated carbocycles. The first kappa shape index (κ1) is 11.6. The molecular weight excluding hydrogens is 246 g/mol. The fourth-order valence-corrected chi connectivity index (χ4v) is 2.50. The van der Waals surface area contributed by atoms with Crippen molar-refractivity contribution >= 4 is 17.5 Å². The highest BCUT2D eigenvalue weighted by Crippen LogP contribution is 2.33. The molecule has 5 heteroatoms. The molecule has 0 bridgehead atoms. The Morgan fingerprint density at radius 1 is 1.05 bits per heavy atom. The molecule has 0 aromatic heterocycles. The fraction of sp³-hybridized carbons (Fsp3) is 0.214. The lowest BCUT2D eigenvalue weighted by atomic mass is 9.85. The number of amides is 1. The van der Waals surface area contributed by atoms with Gasteiger partial charge in [-0.05, 0) is 25.0 Å². The lowest BCUT2D eigenvalue weighted by Gasteiger charge is -2.20. The lowest BCUT2D eigenvalue weighted by molar-refractivity contribution is -0.120. The monoisotopic (exact) mass is 257 g/mol. The molecule has 0 atom stereocenters. The summed E-state index contributed by atoms with van der Waals surface area (Å²) in [5.41, 5.74) is 0.559. The highest BCUT2D eigenvalue weighted by Gasteiger charge is 2.35. The van der Waals surface area contributed by atoms with E-state index in [1.165, 1.54) is 18.2 Å². The maximum Gasteiger partial charge on any atom is 0.224 e. The summed E-state index contributed by atoms with van der Waals surface area (Å²) in [5, 5.41) is 12.3. The second-order valence-corrected chi connectivity index (χ2v) is 4.61. The molecule has 1 aromatic carbocycles. The van der Waals surface area contributed by atoms with E-state index >= 15 is 0 Å². The first-order valence-electron chi connectivity index (χ1n) is 6.04. The molecule has 1 aliphatic heterocycles. The molecule has 1 amide bonds. The van der Waals surface area contributed by atoms with Crippen LogP contribution in [0.2, 0.25) is 0 Å². The van der Waals surface area contributed by atoms with E-state index in [2.05, 4.69) is 5.32 Å². The van der Waals surface area contributed by atoms with Gasteiger partial charge in [0.25, 0.3) is 0 Å². The Kier molecular flexibility index (Phi) is 2.48. The number of hydrogen-bond acceptors (Lipinski definition) is 4. The molecule has 3 rings (SSSR count). The van der Waals surface area contributed by atoms with Gasteiger partial charge in [-0.2, -0.15) is 0 Å². The molecule has 2 N–H and O–H groups in total. The van der Waals surface area contributed by atoms with Crippen LogP contribution in [0.15, 0.2) is 29.5 Å². The van der Waals surface area contributed by atoms with Crippen LogP contribution in [-0.4, -0.2) is 22.6 Å². The second kappa shape index (κ2) is 4.05. The molecule has 2 aliphatic rings. The van der Waals surface area contributed by atoms with E-state index in [0.717, 1.165) is 0 Å². The summed E-state index contributed by atoms with van der Waals surface area (Å²) in [6, 6.07) is 4.37. The van der Waals surface area contributed by atoms with Crippen molar-refractivity contribution in [1.82, 2.24) is 5.32 Å². The van der Waals surface area contributed by atoms with Crippen LogP contribution in [0.3, 0.4) is 0 Å². The number of allylic oxidation sites excluding steroid dienone is 2. The fourth-order valence-electron chi connectivity index (χ4n) is 2.50. The Morgan fingerprint density at radius 2 is 1.84 bits per heavy atom. The van der Waals surface area contributed by atoms with Gasteiger partial charge in [0.2, 0.25) is 11.7 Å². The Balaban J connectivity index is 2.21. The molecule has 5 nitrogen and oxygen atoms in total. The maximum atomic E-state index is 12.4. The van der Waals surface area contributed by atoms with Crippen molar-refractivity contribution in [2.75, 3.05) is 0 Å². The van der Waals surface area contributed by atoms with Gasteiger partial charge in [0.1, 0.15) is 5.75 Å². The van der Waals surface area contributed by atoms with Crippen molar-refractivity contribution in [2.24, 2.45) is 0 Å². The van der Waals surface area contributed by atoms with E-state index in [4.69, 9.17) is 0 Å². The first-order valence-corrected chi connectivity index (χ1v) is 6.04. The summed E-state index contributed by atoms with van der Waals surface area (Å²) in [7, 11) is 0. The third-order valence-electron chi connectivity index (χ3n) is 3.41. The van der Waals surface area contributed by atoms with Gasteiger partial charge in [0, 0.05) is 17.6 Å². The topological polar surface area (TPSA) is 83.5 Å². The number of benzene rings is 1. The predicted molar refractivity (Wildman–Crippen MR) is 65.8 cm³/mol. The molecule has 1 aromatic rings. The van der Waals surface area contributed by atoms with Crippen LogP contribution < -0.4 is 5.32 Å². The van der Waals surface area contributed by atoms with E-state index in [9.17, 15) is 19.5 Å². The highest BCUT2D eigenvalue weighted by atomic mass is 16.3. The second-order valence-electron chi connectivity index (χ2n) is 4.61. The predicted octanol–water partition coefficient (Wildman–Crippen LogP) is 1.33. The van der Waals surface area contributed by atoms with Gasteiger partial charge in [0.05, 0.1) is 11.3 Å². The number of phenolic OH excluding ortho intramolecular Hbond substituents is 1. The molecule has 1 heterocycles. The minimum atomic E-state index is -0.407. The molecule has 96 valence electrons. The third kappa shape index (κ3) is 1.66. The van der Waals surface area contributed by atoms with E-state index < -0.39 is 5.78 Å². The van der Waals surface area contributed by atoms with Crippen molar-refractivity contribution in [3.63, 3.8) is 0 Å². The van der Waals surface area contributed by atoms with E-state index in [0.29, 0.717) is 18.4 Å². The minimum Gasteiger partial charge on any atom is -0.507 e. The number of ketones is 2. The summed E-state index contributed by atoms with van der Waals surface area (Å²) < 4.78 is 0. The normalized spacial score (nSPS) is 18.6. The molecule has 1 aliphatic carbocycles. The van der Waals surface area contributed by atoms with Crippen LogP contribution in [0, 0.1) is 0 Å². The summed E-state index contributed by atoms with van der Waals surface area (Å²) in [4.78, 5) is 36.2. The number of aromatic hydroxyl groups is 1. The van der Waals surface area contributed by atoms with Crippen molar-refractivity contribution in [2.45, 2.75) is 19.3 Å². The molecule has 0 spiro atoms. The molecule has 0 radical (unpaired) electrons. The Morgan fingerprint density at radius 3 is 2.63 bits per heavy atom. The van der Waals surface area contributed by atoms with Crippen LogP contribution in [0.5, 0.6) is 5.75 Å². The highest BCUT2D eigenvalue weighted by molar-refractivity contribution is 6.28. The number of hydrogen-bond donors (Lipinski definition) is 2. The van der Waals surface area contributed by atoms with E-state index in [1.54, 1.807) is 0 Å². The summed E-state index contributed by atoms with van der Waals surface area (Å²) in [5.74, 6) is -1.23. The van der Waals surface area contributed by atoms with Crippen molar-refractivity contribution in [1.29, 1.82) is 0 Å². The number of nitrogens with one attached hydrogen (secondary N) is 1. The average molecular weight is 257 g/mol. The SMILES string of the molecule is O=C1CCCC2=C(N1)C(=O)c1cccc(O)c1C2=O. The quantitative estimate of drug-likeness (QED) is 0.734. The molecule has 0 unspecified atom stereocenters. The Hall–Kier alpha value is -2.43.